The summed E-state index contributed by atoms with van der Waals surface area (Å²) in [6, 6.07) is 3.52. The lowest BCUT2D eigenvalue weighted by Crippen LogP contribution is -2.15. The number of nitrogens with one attached hydrogen (secondary N) is 1. The molecule has 128 valence electrons. The first-order valence-corrected chi connectivity index (χ1v) is 6.81. The number of anilines is 1. The second-order valence-electron chi connectivity index (χ2n) is 4.82. The van der Waals surface area contributed by atoms with Crippen LogP contribution in [0.2, 0.25) is 0 Å². The van der Waals surface area contributed by atoms with Crippen LogP contribution in [0.3, 0.4) is 0 Å². The van der Waals surface area contributed by atoms with Gasteiger partial charge in [0.25, 0.3) is 12.3 Å². The third-order valence-electron chi connectivity index (χ3n) is 2.95. The van der Waals surface area contributed by atoms with Crippen LogP contribution in [0.5, 0.6) is 5.75 Å². The second-order valence-corrected chi connectivity index (χ2v) is 4.82. The molecule has 0 unspecified atom stereocenters. The Hall–Kier alpha value is -2.97. The smallest absolute Gasteiger partial charge is 0.335 e. The van der Waals surface area contributed by atoms with Crippen molar-refractivity contribution in [3.63, 3.8) is 0 Å². The highest BCUT2D eigenvalue weighted by Crippen LogP contribution is 2.27. The molecule has 7 nitrogen and oxygen atoms in total. The van der Waals surface area contributed by atoms with Gasteiger partial charge in [0.05, 0.1) is 16.9 Å². The molecule has 2 rings (SSSR count). The summed E-state index contributed by atoms with van der Waals surface area (Å²) in [6.45, 7) is 2.21. The number of carbonyl (C=O) groups excluding carboxylic acids is 1. The van der Waals surface area contributed by atoms with Crippen molar-refractivity contribution in [1.29, 1.82) is 0 Å². The summed E-state index contributed by atoms with van der Waals surface area (Å²) in [6.07, 6.45) is -2.75. The topological polar surface area (TPSA) is 102 Å². The summed E-state index contributed by atoms with van der Waals surface area (Å²) >= 11 is 0. The van der Waals surface area contributed by atoms with Crippen molar-refractivity contribution >= 4 is 17.6 Å². The van der Waals surface area contributed by atoms with Crippen molar-refractivity contribution < 1.29 is 32.6 Å². The molecule has 24 heavy (non-hydrogen) atoms. The van der Waals surface area contributed by atoms with Gasteiger partial charge in [0.15, 0.2) is 5.89 Å². The predicted molar refractivity (Wildman–Crippen MR) is 78.8 cm³/mol. The molecule has 0 aliphatic rings. The number of ether oxygens (including phenoxy) is 1. The SMILES string of the molecule is Cc1nc(C)c(C(=O)Nc2ccc(C(=O)O)cc2OCC(F)F)o1. The summed E-state index contributed by atoms with van der Waals surface area (Å²) in [4.78, 5) is 27.1. The first kappa shape index (κ1) is 17.4. The number of hydrogen-bond donors (Lipinski definition) is 2. The Labute approximate surface area is 135 Å². The number of hydrogen-bond acceptors (Lipinski definition) is 5. The molecule has 0 bridgehead atoms. The van der Waals surface area contributed by atoms with Crippen LogP contribution in [0.4, 0.5) is 14.5 Å². The molecule has 0 spiro atoms. The molecule has 1 aromatic carbocycles. The van der Waals surface area contributed by atoms with Crippen LogP contribution in [-0.4, -0.2) is 35.0 Å². The van der Waals surface area contributed by atoms with E-state index in [0.717, 1.165) is 6.07 Å². The lowest BCUT2D eigenvalue weighted by atomic mass is 10.2. The molecule has 9 heteroatoms. The van der Waals surface area contributed by atoms with Crippen LogP contribution in [0, 0.1) is 13.8 Å². The third kappa shape index (κ3) is 4.06. The van der Waals surface area contributed by atoms with Crippen LogP contribution in [0.1, 0.15) is 32.5 Å². The molecule has 1 heterocycles. The maximum atomic E-state index is 12.3. The van der Waals surface area contributed by atoms with Gasteiger partial charge in [0.1, 0.15) is 12.4 Å². The second kappa shape index (κ2) is 7.07. The fourth-order valence-corrected chi connectivity index (χ4v) is 1.95. The van der Waals surface area contributed by atoms with Gasteiger partial charge < -0.3 is 19.6 Å². The highest BCUT2D eigenvalue weighted by molar-refractivity contribution is 6.04. The van der Waals surface area contributed by atoms with Crippen molar-refractivity contribution in [3.05, 3.63) is 41.1 Å². The lowest BCUT2D eigenvalue weighted by Gasteiger charge is -2.12. The number of carboxylic acids is 1. The van der Waals surface area contributed by atoms with E-state index < -0.39 is 24.9 Å². The number of nitrogens with zero attached hydrogens (tertiary/aromatic N) is 1. The quantitative estimate of drug-likeness (QED) is 0.838. The monoisotopic (exact) mass is 340 g/mol. The van der Waals surface area contributed by atoms with Crippen LogP contribution in [0.25, 0.3) is 0 Å². The van der Waals surface area contributed by atoms with Crippen molar-refractivity contribution in [2.75, 3.05) is 11.9 Å². The molecule has 1 amide bonds. The Morgan fingerprint density at radius 1 is 1.38 bits per heavy atom. The summed E-state index contributed by atoms with van der Waals surface area (Å²) in [5, 5.41) is 11.4. The molecule has 0 aliphatic heterocycles. The van der Waals surface area contributed by atoms with Gasteiger partial charge in [-0.25, -0.2) is 18.6 Å². The maximum absolute atomic E-state index is 12.3. The number of benzene rings is 1. The van der Waals surface area contributed by atoms with E-state index in [4.69, 9.17) is 14.3 Å². The van der Waals surface area contributed by atoms with Gasteiger partial charge in [-0.15, -0.1) is 0 Å². The number of amides is 1. The number of alkyl halides is 2. The Bertz CT molecular complexity index is 773. The number of oxazole rings is 1. The standard InChI is InChI=1S/C15H14F2N2O5/c1-7-13(24-8(2)18-7)14(20)19-10-4-3-9(15(21)22)5-11(10)23-6-12(16)17/h3-5,12H,6H2,1-2H3,(H,19,20)(H,21,22). The summed E-state index contributed by atoms with van der Waals surface area (Å²) in [5.41, 5.74) is 0.241. The summed E-state index contributed by atoms with van der Waals surface area (Å²) in [7, 11) is 0. The Morgan fingerprint density at radius 3 is 2.62 bits per heavy atom. The molecule has 0 atom stereocenters. The predicted octanol–water partition coefficient (Wildman–Crippen LogP) is 2.89. The van der Waals surface area contributed by atoms with E-state index in [1.165, 1.54) is 12.1 Å². The van der Waals surface area contributed by atoms with Gasteiger partial charge in [-0.2, -0.15) is 0 Å². The van der Waals surface area contributed by atoms with E-state index in [1.54, 1.807) is 13.8 Å². The van der Waals surface area contributed by atoms with Crippen molar-refractivity contribution in [2.24, 2.45) is 0 Å². The number of aryl methyl sites for hydroxylation is 2. The molecule has 1 aromatic heterocycles. The number of carboxylic acid groups (broad SMARTS) is 1. The Balaban J connectivity index is 2.29. The first-order chi connectivity index (χ1) is 11.3. The number of halogens is 2. The lowest BCUT2D eigenvalue weighted by molar-refractivity contribution is 0.0695. The number of carbonyl (C=O) groups is 2. The van der Waals surface area contributed by atoms with Gasteiger partial charge in [-0.1, -0.05) is 0 Å². The largest absolute Gasteiger partial charge is 0.485 e. The molecule has 0 aliphatic carbocycles. The van der Waals surface area contributed by atoms with Crippen molar-refractivity contribution in [3.8, 4) is 5.75 Å². The van der Waals surface area contributed by atoms with Crippen LogP contribution >= 0.6 is 0 Å². The Kier molecular flexibility index (Phi) is 5.12. The minimum atomic E-state index is -2.75. The normalized spacial score (nSPS) is 10.7. The van der Waals surface area contributed by atoms with E-state index in [-0.39, 0.29) is 22.8 Å². The molecular weight excluding hydrogens is 326 g/mol. The van der Waals surface area contributed by atoms with E-state index in [9.17, 15) is 18.4 Å². The number of aromatic carboxylic acids is 1. The average Bonchev–Trinajstić information content (AvgIpc) is 2.84. The van der Waals surface area contributed by atoms with Gasteiger partial charge in [0, 0.05) is 6.92 Å². The average molecular weight is 340 g/mol. The van der Waals surface area contributed by atoms with Crippen LogP contribution in [0.15, 0.2) is 22.6 Å². The fourth-order valence-electron chi connectivity index (χ4n) is 1.95. The van der Waals surface area contributed by atoms with Gasteiger partial charge in [-0.3, -0.25) is 4.79 Å². The molecule has 2 N–H and O–H groups in total. The zero-order valence-corrected chi connectivity index (χ0v) is 12.8. The van der Waals surface area contributed by atoms with Gasteiger partial charge in [0.2, 0.25) is 5.76 Å². The van der Waals surface area contributed by atoms with Gasteiger partial charge in [-0.05, 0) is 25.1 Å². The molecular formula is C15H14F2N2O5. The Morgan fingerprint density at radius 2 is 2.08 bits per heavy atom. The minimum Gasteiger partial charge on any atom is -0.485 e. The summed E-state index contributed by atoms with van der Waals surface area (Å²) in [5.74, 6) is -1.82. The molecule has 0 saturated carbocycles. The highest BCUT2D eigenvalue weighted by Gasteiger charge is 2.19. The van der Waals surface area contributed by atoms with E-state index in [2.05, 4.69) is 10.3 Å². The number of rotatable bonds is 6. The van der Waals surface area contributed by atoms with Crippen LogP contribution in [-0.2, 0) is 0 Å². The molecule has 0 fully saturated rings. The van der Waals surface area contributed by atoms with Gasteiger partial charge >= 0.3 is 5.97 Å². The van der Waals surface area contributed by atoms with E-state index in [1.807, 2.05) is 0 Å². The molecule has 2 aromatic rings. The highest BCUT2D eigenvalue weighted by atomic mass is 19.3. The minimum absolute atomic E-state index is 0.0328. The zero-order valence-electron chi connectivity index (χ0n) is 12.8. The molecule has 0 radical (unpaired) electrons. The van der Waals surface area contributed by atoms with Crippen molar-refractivity contribution in [2.45, 2.75) is 20.3 Å². The molecule has 0 saturated heterocycles. The number of aromatic nitrogens is 1. The fraction of sp³-hybridized carbons (Fsp3) is 0.267. The first-order valence-electron chi connectivity index (χ1n) is 6.81. The van der Waals surface area contributed by atoms with E-state index >= 15 is 0 Å². The summed E-state index contributed by atoms with van der Waals surface area (Å²) < 4.78 is 34.7. The van der Waals surface area contributed by atoms with Crippen molar-refractivity contribution in [1.82, 2.24) is 4.98 Å². The van der Waals surface area contributed by atoms with Crippen LogP contribution < -0.4 is 10.1 Å². The maximum Gasteiger partial charge on any atom is 0.335 e. The zero-order chi connectivity index (χ0) is 17.9. The van der Waals surface area contributed by atoms with E-state index in [0.29, 0.717) is 11.6 Å². The third-order valence-corrected chi connectivity index (χ3v) is 2.95.